The molecule has 0 unspecified atom stereocenters. The normalized spacial score (nSPS) is 22.8. The summed E-state index contributed by atoms with van der Waals surface area (Å²) >= 11 is 0. The highest BCUT2D eigenvalue weighted by Crippen LogP contribution is 2.38. The van der Waals surface area contributed by atoms with Crippen LogP contribution in [0.25, 0.3) is 0 Å². The second-order valence-corrected chi connectivity index (χ2v) is 8.93. The van der Waals surface area contributed by atoms with E-state index in [2.05, 4.69) is 9.80 Å². The Balaban J connectivity index is 1.57. The second-order valence-electron chi connectivity index (χ2n) is 8.93. The van der Waals surface area contributed by atoms with Crippen LogP contribution in [0.3, 0.4) is 0 Å². The smallest absolute Gasteiger partial charge is 0.303 e. The van der Waals surface area contributed by atoms with Crippen molar-refractivity contribution >= 4 is 5.69 Å². The molecule has 0 aromatic heterocycles. The zero-order valence-corrected chi connectivity index (χ0v) is 17.9. The molecule has 2 aliphatic rings. The van der Waals surface area contributed by atoms with Gasteiger partial charge in [-0.1, -0.05) is 42.8 Å². The van der Waals surface area contributed by atoms with Crippen LogP contribution in [0.2, 0.25) is 0 Å². The second kappa shape index (κ2) is 9.58. The first kappa shape index (κ1) is 22.7. The molecule has 172 valence electrons. The molecule has 2 aliphatic heterocycles. The molecular weight excluding hydrogens is 419 g/mol. The number of nitro groups is 1. The zero-order valence-electron chi connectivity index (χ0n) is 17.9. The summed E-state index contributed by atoms with van der Waals surface area (Å²) in [5.41, 5.74) is 0.803. The molecule has 2 saturated heterocycles. The van der Waals surface area contributed by atoms with Gasteiger partial charge in [0.05, 0.1) is 10.5 Å². The lowest BCUT2D eigenvalue weighted by Gasteiger charge is -2.31. The van der Waals surface area contributed by atoms with E-state index >= 15 is 0 Å². The molecule has 4 rings (SSSR count). The highest BCUT2D eigenvalue weighted by molar-refractivity contribution is 5.40. The van der Waals surface area contributed by atoms with Crippen LogP contribution in [0.5, 0.6) is 0 Å². The SMILES string of the molecule is O=[N+]([O-])c1ccccc1CN1C[C@@H](CN2CCCCC2)[C@@H](c2cccc(C(F)(F)F)c2)C1. The quantitative estimate of drug-likeness (QED) is 0.445. The van der Waals surface area contributed by atoms with E-state index in [1.54, 1.807) is 24.3 Å². The summed E-state index contributed by atoms with van der Waals surface area (Å²) in [7, 11) is 0. The Labute approximate surface area is 186 Å². The Morgan fingerprint density at radius 2 is 1.72 bits per heavy atom. The van der Waals surface area contributed by atoms with Crippen LogP contribution in [-0.4, -0.2) is 47.4 Å². The Hall–Kier alpha value is -2.45. The molecule has 32 heavy (non-hydrogen) atoms. The number of rotatable bonds is 6. The fraction of sp³-hybridized carbons (Fsp3) is 0.500. The molecule has 0 saturated carbocycles. The standard InChI is InChI=1S/C24H28F3N3O2/c25-24(26,27)21-9-6-8-18(13-21)22-17-29(14-19-7-2-3-10-23(19)30(31)32)16-20(22)15-28-11-4-1-5-12-28/h2-3,6-10,13,20,22H,1,4-5,11-12,14-17H2/t20-,22-/m1/s1. The van der Waals surface area contributed by atoms with Gasteiger partial charge >= 0.3 is 6.18 Å². The number of nitro benzene ring substituents is 1. The molecule has 0 N–H and O–H groups in total. The summed E-state index contributed by atoms with van der Waals surface area (Å²) in [6, 6.07) is 12.4. The third-order valence-electron chi connectivity index (χ3n) is 6.68. The van der Waals surface area contributed by atoms with Gasteiger partial charge in [-0.25, -0.2) is 0 Å². The number of alkyl halides is 3. The van der Waals surface area contributed by atoms with E-state index in [-0.39, 0.29) is 22.4 Å². The van der Waals surface area contributed by atoms with Crippen LogP contribution < -0.4 is 0 Å². The van der Waals surface area contributed by atoms with Gasteiger partial charge in [0.1, 0.15) is 0 Å². The lowest BCUT2D eigenvalue weighted by Crippen LogP contribution is -2.36. The van der Waals surface area contributed by atoms with Gasteiger partial charge < -0.3 is 4.90 Å². The van der Waals surface area contributed by atoms with Crippen molar-refractivity contribution in [3.05, 3.63) is 75.3 Å². The molecule has 2 aromatic carbocycles. The van der Waals surface area contributed by atoms with Crippen LogP contribution in [0, 0.1) is 16.0 Å². The molecule has 0 radical (unpaired) electrons. The number of halogens is 3. The molecule has 2 fully saturated rings. The summed E-state index contributed by atoms with van der Waals surface area (Å²) in [6.45, 7) is 4.61. The van der Waals surface area contributed by atoms with Crippen molar-refractivity contribution in [3.63, 3.8) is 0 Å². The van der Waals surface area contributed by atoms with Crippen molar-refractivity contribution in [2.75, 3.05) is 32.7 Å². The minimum Gasteiger partial charge on any atom is -0.303 e. The molecule has 0 spiro atoms. The molecule has 2 aromatic rings. The van der Waals surface area contributed by atoms with E-state index in [9.17, 15) is 23.3 Å². The molecule has 2 atom stereocenters. The van der Waals surface area contributed by atoms with Gasteiger partial charge in [0, 0.05) is 43.7 Å². The first-order chi connectivity index (χ1) is 15.3. The van der Waals surface area contributed by atoms with Gasteiger partial charge in [-0.15, -0.1) is 0 Å². The van der Waals surface area contributed by atoms with Crippen molar-refractivity contribution in [1.29, 1.82) is 0 Å². The van der Waals surface area contributed by atoms with Crippen LogP contribution in [-0.2, 0) is 12.7 Å². The summed E-state index contributed by atoms with van der Waals surface area (Å²) < 4.78 is 40.0. The Morgan fingerprint density at radius 3 is 2.44 bits per heavy atom. The molecule has 0 aliphatic carbocycles. The van der Waals surface area contributed by atoms with E-state index in [1.165, 1.54) is 24.6 Å². The highest BCUT2D eigenvalue weighted by atomic mass is 19.4. The van der Waals surface area contributed by atoms with Gasteiger partial charge in [-0.3, -0.25) is 15.0 Å². The predicted octanol–water partition coefficient (Wildman–Crippen LogP) is 5.32. The first-order valence-corrected chi connectivity index (χ1v) is 11.2. The molecule has 0 bridgehead atoms. The van der Waals surface area contributed by atoms with Crippen LogP contribution in [0.15, 0.2) is 48.5 Å². The number of hydrogen-bond acceptors (Lipinski definition) is 4. The van der Waals surface area contributed by atoms with E-state index in [4.69, 9.17) is 0 Å². The van der Waals surface area contributed by atoms with Crippen molar-refractivity contribution in [1.82, 2.24) is 9.80 Å². The Kier molecular flexibility index (Phi) is 6.81. The first-order valence-electron chi connectivity index (χ1n) is 11.2. The van der Waals surface area contributed by atoms with Crippen LogP contribution >= 0.6 is 0 Å². The van der Waals surface area contributed by atoms with Gasteiger partial charge in [0.15, 0.2) is 0 Å². The average Bonchev–Trinajstić information content (AvgIpc) is 3.16. The number of hydrogen-bond donors (Lipinski definition) is 0. The van der Waals surface area contributed by atoms with Crippen molar-refractivity contribution in [2.24, 2.45) is 5.92 Å². The van der Waals surface area contributed by atoms with E-state index in [0.717, 1.165) is 38.5 Å². The minimum atomic E-state index is -4.37. The van der Waals surface area contributed by atoms with E-state index < -0.39 is 11.7 Å². The third kappa shape index (κ3) is 5.30. The summed E-state index contributed by atoms with van der Waals surface area (Å²) in [5.74, 6) is 0.140. The largest absolute Gasteiger partial charge is 0.416 e. The van der Waals surface area contributed by atoms with Crippen LogP contribution in [0.1, 0.15) is 41.9 Å². The maximum absolute atomic E-state index is 13.3. The highest BCUT2D eigenvalue weighted by Gasteiger charge is 2.37. The maximum atomic E-state index is 13.3. The van der Waals surface area contributed by atoms with Gasteiger partial charge in [-0.2, -0.15) is 13.2 Å². The minimum absolute atomic E-state index is 0.0398. The van der Waals surface area contributed by atoms with E-state index in [0.29, 0.717) is 30.8 Å². The number of benzene rings is 2. The number of likely N-dealkylation sites (tertiary alicyclic amines) is 2. The third-order valence-corrected chi connectivity index (χ3v) is 6.68. The predicted molar refractivity (Wildman–Crippen MR) is 116 cm³/mol. The zero-order chi connectivity index (χ0) is 22.7. The molecular formula is C24H28F3N3O2. The Morgan fingerprint density at radius 1 is 0.969 bits per heavy atom. The lowest BCUT2D eigenvalue weighted by atomic mass is 9.87. The van der Waals surface area contributed by atoms with Crippen LogP contribution in [0.4, 0.5) is 18.9 Å². The molecule has 8 heteroatoms. The lowest BCUT2D eigenvalue weighted by molar-refractivity contribution is -0.385. The number of nitrogens with zero attached hydrogens (tertiary/aromatic N) is 3. The monoisotopic (exact) mass is 447 g/mol. The molecule has 5 nitrogen and oxygen atoms in total. The number of piperidine rings is 1. The van der Waals surface area contributed by atoms with Gasteiger partial charge in [0.25, 0.3) is 5.69 Å². The van der Waals surface area contributed by atoms with Crippen molar-refractivity contribution in [2.45, 2.75) is 37.9 Å². The van der Waals surface area contributed by atoms with Crippen molar-refractivity contribution in [3.8, 4) is 0 Å². The van der Waals surface area contributed by atoms with Crippen molar-refractivity contribution < 1.29 is 18.1 Å². The maximum Gasteiger partial charge on any atom is 0.416 e. The van der Waals surface area contributed by atoms with Gasteiger partial charge in [0.2, 0.25) is 0 Å². The molecule has 0 amide bonds. The molecule has 2 heterocycles. The average molecular weight is 448 g/mol. The Bertz CT molecular complexity index is 944. The summed E-state index contributed by atoms with van der Waals surface area (Å²) in [6.07, 6.45) is -0.842. The van der Waals surface area contributed by atoms with E-state index in [1.807, 2.05) is 0 Å². The summed E-state index contributed by atoms with van der Waals surface area (Å²) in [5, 5.41) is 11.4. The van der Waals surface area contributed by atoms with Gasteiger partial charge in [-0.05, 0) is 43.5 Å². The number of para-hydroxylation sites is 1. The summed E-state index contributed by atoms with van der Waals surface area (Å²) in [4.78, 5) is 15.6. The fourth-order valence-corrected chi connectivity index (χ4v) is 5.14. The fourth-order valence-electron chi connectivity index (χ4n) is 5.14. The topological polar surface area (TPSA) is 49.6 Å².